The molecule has 0 radical (unpaired) electrons. The maximum atomic E-state index is 13.4. The molecule has 0 spiro atoms. The predicted molar refractivity (Wildman–Crippen MR) is 137 cm³/mol. The van der Waals surface area contributed by atoms with Crippen molar-refractivity contribution in [1.29, 1.82) is 0 Å². The van der Waals surface area contributed by atoms with Gasteiger partial charge in [0.25, 0.3) is 5.91 Å². The highest BCUT2D eigenvalue weighted by Gasteiger charge is 2.32. The SMILES string of the molecule is CCCCc1nnc(C(=O)N2CC[C@@H](CN)[C@@H](OC)C2)cc1-c1ccc(OC2CCCCC2)cc1. The van der Waals surface area contributed by atoms with E-state index in [2.05, 4.69) is 29.3 Å². The molecule has 0 bridgehead atoms. The van der Waals surface area contributed by atoms with E-state index in [1.54, 1.807) is 7.11 Å². The highest BCUT2D eigenvalue weighted by Crippen LogP contribution is 2.29. The van der Waals surface area contributed by atoms with Gasteiger partial charge in [-0.1, -0.05) is 31.9 Å². The Morgan fingerprint density at radius 3 is 2.57 bits per heavy atom. The van der Waals surface area contributed by atoms with Crippen LogP contribution >= 0.6 is 0 Å². The van der Waals surface area contributed by atoms with E-state index in [1.807, 2.05) is 23.1 Å². The van der Waals surface area contributed by atoms with Crippen molar-refractivity contribution in [3.63, 3.8) is 0 Å². The Morgan fingerprint density at radius 2 is 1.89 bits per heavy atom. The Morgan fingerprint density at radius 1 is 1.11 bits per heavy atom. The zero-order chi connectivity index (χ0) is 24.6. The number of hydrogen-bond donors (Lipinski definition) is 1. The van der Waals surface area contributed by atoms with Crippen molar-refractivity contribution in [3.05, 3.63) is 41.7 Å². The second-order valence-corrected chi connectivity index (χ2v) is 9.91. The first-order valence-corrected chi connectivity index (χ1v) is 13.3. The molecule has 1 aromatic carbocycles. The van der Waals surface area contributed by atoms with Gasteiger partial charge in [0.05, 0.1) is 17.9 Å². The largest absolute Gasteiger partial charge is 0.490 e. The van der Waals surface area contributed by atoms with Crippen LogP contribution in [0.5, 0.6) is 5.75 Å². The smallest absolute Gasteiger partial charge is 0.274 e. The van der Waals surface area contributed by atoms with Gasteiger partial charge in [-0.15, -0.1) is 5.10 Å². The normalized spacial score (nSPS) is 21.2. The molecule has 2 aromatic rings. The van der Waals surface area contributed by atoms with E-state index in [1.165, 1.54) is 19.3 Å². The lowest BCUT2D eigenvalue weighted by Crippen LogP contribution is -2.49. The van der Waals surface area contributed by atoms with E-state index in [9.17, 15) is 4.79 Å². The molecule has 1 aliphatic carbocycles. The van der Waals surface area contributed by atoms with E-state index in [0.29, 0.717) is 31.4 Å². The second-order valence-electron chi connectivity index (χ2n) is 9.91. The van der Waals surface area contributed by atoms with Gasteiger partial charge in [-0.3, -0.25) is 4.79 Å². The van der Waals surface area contributed by atoms with Gasteiger partial charge in [0.15, 0.2) is 5.69 Å². The van der Waals surface area contributed by atoms with E-state index in [4.69, 9.17) is 15.2 Å². The van der Waals surface area contributed by atoms with E-state index >= 15 is 0 Å². The van der Waals surface area contributed by atoms with Crippen molar-refractivity contribution in [2.75, 3.05) is 26.7 Å². The van der Waals surface area contributed by atoms with Crippen LogP contribution in [0.25, 0.3) is 11.1 Å². The molecule has 35 heavy (non-hydrogen) atoms. The molecule has 0 unspecified atom stereocenters. The van der Waals surface area contributed by atoms with Crippen LogP contribution in [0.3, 0.4) is 0 Å². The third-order valence-corrected chi connectivity index (χ3v) is 7.47. The standard InChI is InChI=1S/C28H40N4O3/c1-3-4-10-25-24(20-11-13-23(14-12-20)35-22-8-6-5-7-9-22)17-26(31-30-25)28(33)32-16-15-21(18-29)27(19-32)34-2/h11-14,17,21-22,27H,3-10,15-16,18-19,29H2,1-2H3/t21-,27-/m0/s1. The topological polar surface area (TPSA) is 90.6 Å². The Labute approximate surface area is 209 Å². The summed E-state index contributed by atoms with van der Waals surface area (Å²) in [5.41, 5.74) is 9.21. The van der Waals surface area contributed by atoms with Crippen LogP contribution in [-0.2, 0) is 11.2 Å². The molecule has 1 amide bonds. The fourth-order valence-corrected chi connectivity index (χ4v) is 5.24. The van der Waals surface area contributed by atoms with Gasteiger partial charge in [0, 0.05) is 31.7 Å². The van der Waals surface area contributed by atoms with Crippen LogP contribution in [0.1, 0.15) is 74.5 Å². The lowest BCUT2D eigenvalue weighted by molar-refractivity contribution is -0.00461. The highest BCUT2D eigenvalue weighted by atomic mass is 16.5. The van der Waals surface area contributed by atoms with Crippen molar-refractivity contribution >= 4 is 5.91 Å². The first-order chi connectivity index (χ1) is 17.1. The molecular formula is C28H40N4O3. The van der Waals surface area contributed by atoms with E-state index in [0.717, 1.165) is 61.1 Å². The third kappa shape index (κ3) is 6.39. The number of hydrogen-bond acceptors (Lipinski definition) is 6. The fourth-order valence-electron chi connectivity index (χ4n) is 5.24. The minimum Gasteiger partial charge on any atom is -0.490 e. The number of carbonyl (C=O) groups excluding carboxylic acids is 1. The summed E-state index contributed by atoms with van der Waals surface area (Å²) in [6.45, 7) is 3.91. The Kier molecular flexibility index (Phi) is 9.10. The zero-order valence-corrected chi connectivity index (χ0v) is 21.2. The van der Waals surface area contributed by atoms with Gasteiger partial charge in [0.2, 0.25) is 0 Å². The monoisotopic (exact) mass is 480 g/mol. The first-order valence-electron chi connectivity index (χ1n) is 13.3. The van der Waals surface area contributed by atoms with Gasteiger partial charge >= 0.3 is 0 Å². The lowest BCUT2D eigenvalue weighted by Gasteiger charge is -2.37. The van der Waals surface area contributed by atoms with Crippen molar-refractivity contribution in [1.82, 2.24) is 15.1 Å². The molecule has 2 heterocycles. The van der Waals surface area contributed by atoms with Crippen LogP contribution in [0, 0.1) is 5.92 Å². The average Bonchev–Trinajstić information content (AvgIpc) is 2.92. The Hall–Kier alpha value is -2.51. The third-order valence-electron chi connectivity index (χ3n) is 7.47. The van der Waals surface area contributed by atoms with Crippen molar-refractivity contribution in [2.45, 2.75) is 76.9 Å². The molecule has 7 heteroatoms. The number of unbranched alkanes of at least 4 members (excludes halogenated alkanes) is 1. The number of amides is 1. The molecular weight excluding hydrogens is 440 g/mol. The van der Waals surface area contributed by atoms with Gasteiger partial charge in [-0.05, 0) is 75.3 Å². The molecule has 4 rings (SSSR count). The fraction of sp³-hybridized carbons (Fsp3) is 0.607. The summed E-state index contributed by atoms with van der Waals surface area (Å²) in [4.78, 5) is 15.2. The zero-order valence-electron chi connectivity index (χ0n) is 21.2. The van der Waals surface area contributed by atoms with Crippen LogP contribution in [-0.4, -0.2) is 60.0 Å². The summed E-state index contributed by atoms with van der Waals surface area (Å²) < 4.78 is 11.8. The molecule has 2 N–H and O–H groups in total. The Balaban J connectivity index is 1.54. The average molecular weight is 481 g/mol. The summed E-state index contributed by atoms with van der Waals surface area (Å²) in [6.07, 6.45) is 10.1. The number of carbonyl (C=O) groups is 1. The summed E-state index contributed by atoms with van der Waals surface area (Å²) >= 11 is 0. The predicted octanol–water partition coefficient (Wildman–Crippen LogP) is 4.63. The number of aryl methyl sites for hydroxylation is 1. The molecule has 2 fully saturated rings. The molecule has 1 aromatic heterocycles. The number of aromatic nitrogens is 2. The maximum absolute atomic E-state index is 13.4. The van der Waals surface area contributed by atoms with E-state index < -0.39 is 0 Å². The second kappa shape index (κ2) is 12.5. The molecule has 1 aliphatic heterocycles. The maximum Gasteiger partial charge on any atom is 0.274 e. The molecule has 190 valence electrons. The van der Waals surface area contributed by atoms with Gasteiger partial charge < -0.3 is 20.1 Å². The lowest BCUT2D eigenvalue weighted by atomic mass is 9.93. The van der Waals surface area contributed by atoms with Crippen molar-refractivity contribution in [2.24, 2.45) is 11.7 Å². The van der Waals surface area contributed by atoms with Crippen LogP contribution < -0.4 is 10.5 Å². The molecule has 2 atom stereocenters. The van der Waals surface area contributed by atoms with Crippen LogP contribution in [0.4, 0.5) is 0 Å². The first kappa shape index (κ1) is 25.6. The molecule has 2 aliphatic rings. The quantitative estimate of drug-likeness (QED) is 0.563. The number of ether oxygens (including phenoxy) is 2. The molecule has 1 saturated heterocycles. The summed E-state index contributed by atoms with van der Waals surface area (Å²) in [5.74, 6) is 1.08. The minimum absolute atomic E-state index is 0.0503. The Bertz CT molecular complexity index is 959. The van der Waals surface area contributed by atoms with Crippen LogP contribution in [0.2, 0.25) is 0 Å². The number of piperidine rings is 1. The van der Waals surface area contributed by atoms with Crippen molar-refractivity contribution in [3.8, 4) is 16.9 Å². The van der Waals surface area contributed by atoms with Gasteiger partial charge in [-0.2, -0.15) is 5.10 Å². The minimum atomic E-state index is -0.101. The number of rotatable bonds is 9. The number of nitrogens with two attached hydrogens (primary N) is 1. The number of methoxy groups -OCH3 is 1. The number of likely N-dealkylation sites (tertiary alicyclic amines) is 1. The van der Waals surface area contributed by atoms with Crippen molar-refractivity contribution < 1.29 is 14.3 Å². The van der Waals surface area contributed by atoms with E-state index in [-0.39, 0.29) is 17.9 Å². The highest BCUT2D eigenvalue weighted by molar-refractivity contribution is 5.93. The van der Waals surface area contributed by atoms with Gasteiger partial charge in [0.1, 0.15) is 5.75 Å². The van der Waals surface area contributed by atoms with Crippen LogP contribution in [0.15, 0.2) is 30.3 Å². The summed E-state index contributed by atoms with van der Waals surface area (Å²) in [7, 11) is 1.68. The summed E-state index contributed by atoms with van der Waals surface area (Å²) in [6, 6.07) is 10.1. The van der Waals surface area contributed by atoms with Gasteiger partial charge in [-0.25, -0.2) is 0 Å². The number of benzene rings is 1. The molecule has 1 saturated carbocycles. The molecule has 7 nitrogen and oxygen atoms in total. The summed E-state index contributed by atoms with van der Waals surface area (Å²) in [5, 5.41) is 8.86. The number of nitrogens with zero attached hydrogens (tertiary/aromatic N) is 3.